The molecule has 100 valence electrons. The molecule has 0 saturated carbocycles. The fourth-order valence-corrected chi connectivity index (χ4v) is 2.66. The van der Waals surface area contributed by atoms with Gasteiger partial charge < -0.3 is 10.6 Å². The number of hydrogen-bond donors (Lipinski definition) is 1. The Hall–Kier alpha value is -0.610. The van der Waals surface area contributed by atoms with Crippen LogP contribution in [-0.4, -0.2) is 54.0 Å². The van der Waals surface area contributed by atoms with Crippen LogP contribution in [0, 0.1) is 0 Å². The maximum Gasteiger partial charge on any atom is 0.219 e. The minimum absolute atomic E-state index is 0.179. The normalized spacial score (nSPS) is 21.8. The largest absolute Gasteiger partial charge is 0.339 e. The van der Waals surface area contributed by atoms with Crippen LogP contribution in [0.5, 0.6) is 0 Å². The standard InChI is InChI=1S/C13H27N3O/c1-11(2)16(12(3)17)10-13-6-4-5-8-15(13)9-7-14/h11,13H,4-10,14H2,1-3H3/t13-/m1/s1. The second kappa shape index (κ2) is 6.97. The van der Waals surface area contributed by atoms with Crippen molar-refractivity contribution in [2.24, 2.45) is 5.73 Å². The molecule has 1 heterocycles. The van der Waals surface area contributed by atoms with Gasteiger partial charge in [-0.25, -0.2) is 0 Å². The number of nitrogens with two attached hydrogens (primary N) is 1. The Bertz CT molecular complexity index is 241. The average Bonchev–Trinajstić information content (AvgIpc) is 2.27. The number of piperidine rings is 1. The SMILES string of the molecule is CC(=O)N(C[C@H]1CCCCN1CCN)C(C)C. The summed E-state index contributed by atoms with van der Waals surface area (Å²) >= 11 is 0. The smallest absolute Gasteiger partial charge is 0.219 e. The summed E-state index contributed by atoms with van der Waals surface area (Å²) in [5.74, 6) is 0.179. The molecule has 1 aliphatic rings. The van der Waals surface area contributed by atoms with E-state index in [0.29, 0.717) is 12.6 Å². The van der Waals surface area contributed by atoms with E-state index in [1.165, 1.54) is 19.3 Å². The van der Waals surface area contributed by atoms with Gasteiger partial charge in [0.15, 0.2) is 0 Å². The molecular formula is C13H27N3O. The van der Waals surface area contributed by atoms with Gasteiger partial charge in [0.1, 0.15) is 0 Å². The molecule has 0 aromatic carbocycles. The summed E-state index contributed by atoms with van der Waals surface area (Å²) in [5.41, 5.74) is 5.65. The van der Waals surface area contributed by atoms with Gasteiger partial charge in [-0.05, 0) is 33.2 Å². The van der Waals surface area contributed by atoms with Crippen molar-refractivity contribution in [1.29, 1.82) is 0 Å². The monoisotopic (exact) mass is 241 g/mol. The van der Waals surface area contributed by atoms with Crippen LogP contribution in [0.25, 0.3) is 0 Å². The van der Waals surface area contributed by atoms with Gasteiger partial charge in [0.2, 0.25) is 5.91 Å². The number of likely N-dealkylation sites (tertiary alicyclic amines) is 1. The molecule has 0 radical (unpaired) electrons. The van der Waals surface area contributed by atoms with Gasteiger partial charge in [-0.3, -0.25) is 9.69 Å². The molecule has 4 nitrogen and oxygen atoms in total. The predicted molar refractivity (Wildman–Crippen MR) is 70.8 cm³/mol. The number of hydrogen-bond acceptors (Lipinski definition) is 3. The predicted octanol–water partition coefficient (Wildman–Crippen LogP) is 1.06. The molecule has 1 aliphatic heterocycles. The van der Waals surface area contributed by atoms with Crippen molar-refractivity contribution in [3.8, 4) is 0 Å². The van der Waals surface area contributed by atoms with E-state index in [4.69, 9.17) is 5.73 Å². The van der Waals surface area contributed by atoms with Gasteiger partial charge in [-0.2, -0.15) is 0 Å². The number of carbonyl (C=O) groups excluding carboxylic acids is 1. The number of carbonyl (C=O) groups is 1. The van der Waals surface area contributed by atoms with E-state index in [0.717, 1.165) is 19.6 Å². The van der Waals surface area contributed by atoms with Crippen molar-refractivity contribution in [3.63, 3.8) is 0 Å². The molecule has 0 aromatic heterocycles. The zero-order valence-corrected chi connectivity index (χ0v) is 11.5. The van der Waals surface area contributed by atoms with E-state index in [1.807, 2.05) is 4.90 Å². The molecule has 0 unspecified atom stereocenters. The van der Waals surface area contributed by atoms with E-state index in [-0.39, 0.29) is 11.9 Å². The summed E-state index contributed by atoms with van der Waals surface area (Å²) in [6.45, 7) is 9.47. The molecule has 1 rings (SSSR count). The van der Waals surface area contributed by atoms with Crippen molar-refractivity contribution in [3.05, 3.63) is 0 Å². The first-order valence-corrected chi connectivity index (χ1v) is 6.77. The Morgan fingerprint density at radius 2 is 2.18 bits per heavy atom. The third kappa shape index (κ3) is 4.28. The van der Waals surface area contributed by atoms with Gasteiger partial charge in [0.25, 0.3) is 0 Å². The summed E-state index contributed by atoms with van der Waals surface area (Å²) in [7, 11) is 0. The van der Waals surface area contributed by atoms with Crippen molar-refractivity contribution < 1.29 is 4.79 Å². The van der Waals surface area contributed by atoms with Crippen LogP contribution in [0.2, 0.25) is 0 Å². The average molecular weight is 241 g/mol. The maximum absolute atomic E-state index is 11.6. The number of amides is 1. The van der Waals surface area contributed by atoms with Crippen LogP contribution in [0.3, 0.4) is 0 Å². The minimum atomic E-state index is 0.179. The summed E-state index contributed by atoms with van der Waals surface area (Å²) in [5, 5.41) is 0. The Kier molecular flexibility index (Phi) is 5.92. The second-order valence-electron chi connectivity index (χ2n) is 5.24. The van der Waals surface area contributed by atoms with Crippen molar-refractivity contribution >= 4 is 5.91 Å². The molecule has 1 atom stereocenters. The second-order valence-corrected chi connectivity index (χ2v) is 5.24. The molecule has 0 bridgehead atoms. The van der Waals surface area contributed by atoms with E-state index < -0.39 is 0 Å². The molecule has 1 fully saturated rings. The van der Waals surface area contributed by atoms with Gasteiger partial charge >= 0.3 is 0 Å². The molecule has 0 spiro atoms. The van der Waals surface area contributed by atoms with Gasteiger partial charge in [-0.1, -0.05) is 6.42 Å². The fourth-order valence-electron chi connectivity index (χ4n) is 2.66. The summed E-state index contributed by atoms with van der Waals surface area (Å²) in [6, 6.07) is 0.785. The van der Waals surface area contributed by atoms with E-state index in [9.17, 15) is 4.79 Å². The first-order valence-electron chi connectivity index (χ1n) is 6.77. The molecule has 4 heteroatoms. The van der Waals surface area contributed by atoms with Crippen LogP contribution in [0.1, 0.15) is 40.0 Å². The van der Waals surface area contributed by atoms with Crippen LogP contribution in [0.15, 0.2) is 0 Å². The lowest BCUT2D eigenvalue weighted by atomic mass is 10.0. The van der Waals surface area contributed by atoms with Crippen molar-refractivity contribution in [1.82, 2.24) is 9.80 Å². The van der Waals surface area contributed by atoms with Crippen molar-refractivity contribution in [2.45, 2.75) is 52.1 Å². The lowest BCUT2D eigenvalue weighted by Gasteiger charge is -2.39. The van der Waals surface area contributed by atoms with E-state index in [2.05, 4.69) is 18.7 Å². The zero-order chi connectivity index (χ0) is 12.8. The minimum Gasteiger partial charge on any atom is -0.339 e. The van der Waals surface area contributed by atoms with Crippen LogP contribution in [-0.2, 0) is 4.79 Å². The van der Waals surface area contributed by atoms with Crippen LogP contribution in [0.4, 0.5) is 0 Å². The maximum atomic E-state index is 11.6. The Labute approximate surface area is 105 Å². The number of rotatable bonds is 5. The van der Waals surface area contributed by atoms with Gasteiger partial charge in [0.05, 0.1) is 0 Å². The quantitative estimate of drug-likeness (QED) is 0.783. The lowest BCUT2D eigenvalue weighted by Crippen LogP contribution is -2.50. The highest BCUT2D eigenvalue weighted by molar-refractivity contribution is 5.73. The van der Waals surface area contributed by atoms with Gasteiger partial charge in [-0.15, -0.1) is 0 Å². The molecule has 0 aromatic rings. The summed E-state index contributed by atoms with van der Waals surface area (Å²) in [6.07, 6.45) is 3.73. The first-order chi connectivity index (χ1) is 8.06. The summed E-state index contributed by atoms with van der Waals surface area (Å²) in [4.78, 5) is 16.0. The lowest BCUT2D eigenvalue weighted by molar-refractivity contribution is -0.131. The van der Waals surface area contributed by atoms with E-state index in [1.54, 1.807) is 6.92 Å². The molecule has 1 amide bonds. The Morgan fingerprint density at radius 1 is 1.47 bits per heavy atom. The van der Waals surface area contributed by atoms with E-state index >= 15 is 0 Å². The molecular weight excluding hydrogens is 214 g/mol. The molecule has 17 heavy (non-hydrogen) atoms. The fraction of sp³-hybridized carbons (Fsp3) is 0.923. The Balaban J connectivity index is 2.58. The molecule has 1 saturated heterocycles. The molecule has 0 aliphatic carbocycles. The third-order valence-electron chi connectivity index (χ3n) is 3.60. The van der Waals surface area contributed by atoms with Gasteiger partial charge in [0, 0.05) is 38.6 Å². The van der Waals surface area contributed by atoms with Crippen LogP contribution < -0.4 is 5.73 Å². The highest BCUT2D eigenvalue weighted by atomic mass is 16.2. The number of nitrogens with zero attached hydrogens (tertiary/aromatic N) is 2. The Morgan fingerprint density at radius 3 is 2.71 bits per heavy atom. The van der Waals surface area contributed by atoms with Crippen molar-refractivity contribution in [2.75, 3.05) is 26.2 Å². The first kappa shape index (κ1) is 14.5. The van der Waals surface area contributed by atoms with Crippen LogP contribution >= 0.6 is 0 Å². The zero-order valence-electron chi connectivity index (χ0n) is 11.5. The highest BCUT2D eigenvalue weighted by Crippen LogP contribution is 2.18. The third-order valence-corrected chi connectivity index (χ3v) is 3.60. The topological polar surface area (TPSA) is 49.6 Å². The molecule has 2 N–H and O–H groups in total. The summed E-state index contributed by atoms with van der Waals surface area (Å²) < 4.78 is 0. The highest BCUT2D eigenvalue weighted by Gasteiger charge is 2.25.